The average Bonchev–Trinajstić information content (AvgIpc) is 2.20. The molecule has 2 N–H and O–H groups in total. The highest BCUT2D eigenvalue weighted by atomic mass is 14.8. The Bertz CT molecular complexity index is 381. The number of hydrogen-bond acceptors (Lipinski definition) is 3. The summed E-state index contributed by atoms with van der Waals surface area (Å²) in [5, 5.41) is 0. The summed E-state index contributed by atoms with van der Waals surface area (Å²) in [7, 11) is 0. The van der Waals surface area contributed by atoms with Crippen LogP contribution in [0.1, 0.15) is 0 Å². The first-order chi connectivity index (χ1) is 6.36. The fourth-order valence-electron chi connectivity index (χ4n) is 1.02. The van der Waals surface area contributed by atoms with Gasteiger partial charge in [0.25, 0.3) is 0 Å². The highest BCUT2D eigenvalue weighted by Gasteiger charge is 1.97. The van der Waals surface area contributed by atoms with E-state index in [0.29, 0.717) is 11.5 Å². The van der Waals surface area contributed by atoms with Crippen molar-refractivity contribution in [3.05, 3.63) is 42.7 Å². The monoisotopic (exact) mass is 170 g/mol. The molecule has 0 fully saturated rings. The van der Waals surface area contributed by atoms with Crippen molar-refractivity contribution in [1.29, 1.82) is 0 Å². The molecule has 0 unspecified atom stereocenters. The first-order valence-corrected chi connectivity index (χ1v) is 3.91. The number of aromatic nitrogens is 2. The van der Waals surface area contributed by atoms with Crippen LogP contribution in [0.15, 0.2) is 36.7 Å². The van der Waals surface area contributed by atoms with E-state index in [1.165, 1.54) is 0 Å². The maximum absolute atomic E-state index is 5.51. The summed E-state index contributed by atoms with van der Waals surface area (Å²) >= 11 is 0. The third-order valence-electron chi connectivity index (χ3n) is 1.66. The minimum atomic E-state index is 0.625. The summed E-state index contributed by atoms with van der Waals surface area (Å²) in [6.07, 6.45) is 3.41. The Kier molecular flexibility index (Phi) is 1.92. The Hall–Kier alpha value is -1.90. The van der Waals surface area contributed by atoms with E-state index in [4.69, 9.17) is 5.73 Å². The quantitative estimate of drug-likeness (QED) is 0.660. The molecule has 0 saturated heterocycles. The Morgan fingerprint density at radius 3 is 2.54 bits per heavy atom. The molecule has 2 rings (SSSR count). The van der Waals surface area contributed by atoms with E-state index in [-0.39, 0.29) is 0 Å². The Balaban J connectivity index is 2.42. The fraction of sp³-hybridized carbons (Fsp3) is 0. The molecule has 0 aliphatic rings. The molecule has 1 radical (unpaired) electrons. The van der Waals surface area contributed by atoms with Crippen LogP contribution in [0.5, 0.6) is 0 Å². The minimum absolute atomic E-state index is 0.625. The number of hydrogen-bond donors (Lipinski definition) is 1. The summed E-state index contributed by atoms with van der Waals surface area (Å²) in [4.78, 5) is 8.21. The van der Waals surface area contributed by atoms with Crippen molar-refractivity contribution in [1.82, 2.24) is 9.97 Å². The van der Waals surface area contributed by atoms with Crippen molar-refractivity contribution in [3.8, 4) is 11.4 Å². The van der Waals surface area contributed by atoms with Gasteiger partial charge in [0.1, 0.15) is 0 Å². The van der Waals surface area contributed by atoms with E-state index < -0.39 is 0 Å². The molecule has 63 valence electrons. The van der Waals surface area contributed by atoms with E-state index in [9.17, 15) is 0 Å². The number of benzene rings is 1. The first-order valence-electron chi connectivity index (χ1n) is 3.91. The second kappa shape index (κ2) is 3.23. The normalized spacial score (nSPS) is 9.85. The highest BCUT2D eigenvalue weighted by molar-refractivity contribution is 5.57. The topological polar surface area (TPSA) is 51.8 Å². The van der Waals surface area contributed by atoms with Crippen molar-refractivity contribution in [2.45, 2.75) is 0 Å². The summed E-state index contributed by atoms with van der Waals surface area (Å²) in [6.45, 7) is 0. The van der Waals surface area contributed by atoms with Crippen LogP contribution in [0, 0.1) is 6.07 Å². The van der Waals surface area contributed by atoms with Gasteiger partial charge in [-0.25, -0.2) is 9.97 Å². The van der Waals surface area contributed by atoms with Crippen molar-refractivity contribution in [2.24, 2.45) is 0 Å². The predicted octanol–water partition coefficient (Wildman–Crippen LogP) is 1.53. The summed E-state index contributed by atoms with van der Waals surface area (Å²) < 4.78 is 0. The van der Waals surface area contributed by atoms with Crippen LogP contribution in [-0.2, 0) is 0 Å². The maximum atomic E-state index is 5.51. The lowest BCUT2D eigenvalue weighted by atomic mass is 10.2. The largest absolute Gasteiger partial charge is 0.398 e. The number of anilines is 1. The third kappa shape index (κ3) is 1.64. The van der Waals surface area contributed by atoms with Gasteiger partial charge < -0.3 is 5.73 Å². The second-order valence-electron chi connectivity index (χ2n) is 2.61. The van der Waals surface area contributed by atoms with Crippen molar-refractivity contribution < 1.29 is 0 Å². The summed E-state index contributed by atoms with van der Waals surface area (Å²) in [5.74, 6) is 0.693. The number of nitrogen functional groups attached to an aromatic ring is 1. The molecule has 1 aromatic heterocycles. The predicted molar refractivity (Wildman–Crippen MR) is 50.7 cm³/mol. The van der Waals surface area contributed by atoms with Gasteiger partial charge in [-0.1, -0.05) is 0 Å². The fourth-order valence-corrected chi connectivity index (χ4v) is 1.02. The molecule has 0 spiro atoms. The third-order valence-corrected chi connectivity index (χ3v) is 1.66. The first kappa shape index (κ1) is 7.73. The van der Waals surface area contributed by atoms with Gasteiger partial charge in [0.05, 0.1) is 0 Å². The molecule has 0 bridgehead atoms. The van der Waals surface area contributed by atoms with Gasteiger partial charge >= 0.3 is 0 Å². The van der Waals surface area contributed by atoms with E-state index in [1.807, 2.05) is 6.07 Å². The second-order valence-corrected chi connectivity index (χ2v) is 2.61. The zero-order valence-electron chi connectivity index (χ0n) is 6.94. The molecule has 1 aromatic carbocycles. The van der Waals surface area contributed by atoms with Gasteiger partial charge in [-0.15, -0.1) is 0 Å². The lowest BCUT2D eigenvalue weighted by Crippen LogP contribution is -1.88. The Morgan fingerprint density at radius 1 is 1.15 bits per heavy atom. The van der Waals surface area contributed by atoms with E-state index in [0.717, 1.165) is 5.56 Å². The lowest BCUT2D eigenvalue weighted by molar-refractivity contribution is 1.18. The maximum Gasteiger partial charge on any atom is 0.159 e. The van der Waals surface area contributed by atoms with E-state index in [1.54, 1.807) is 30.6 Å². The standard InChI is InChI=1S/C10H8N3/c11-9-4-2-8(3-5-9)10-12-6-1-7-13-10/h1-4,6-7H,11H2. The van der Waals surface area contributed by atoms with Crippen LogP contribution >= 0.6 is 0 Å². The van der Waals surface area contributed by atoms with E-state index in [2.05, 4.69) is 16.0 Å². The van der Waals surface area contributed by atoms with Crippen LogP contribution in [0.4, 0.5) is 5.69 Å². The highest BCUT2D eigenvalue weighted by Crippen LogP contribution is 2.14. The molecule has 3 nitrogen and oxygen atoms in total. The number of nitrogens with two attached hydrogens (primary N) is 1. The molecule has 0 amide bonds. The van der Waals surface area contributed by atoms with E-state index >= 15 is 0 Å². The summed E-state index contributed by atoms with van der Waals surface area (Å²) in [5.41, 5.74) is 7.06. The molecule has 13 heavy (non-hydrogen) atoms. The van der Waals surface area contributed by atoms with Gasteiger partial charge in [-0.05, 0) is 24.3 Å². The Labute approximate surface area is 76.3 Å². The molecule has 0 aliphatic heterocycles. The average molecular weight is 170 g/mol. The van der Waals surface area contributed by atoms with Gasteiger partial charge in [0.2, 0.25) is 0 Å². The van der Waals surface area contributed by atoms with Crippen LogP contribution < -0.4 is 5.73 Å². The number of nitrogens with zero attached hydrogens (tertiary/aromatic N) is 2. The zero-order chi connectivity index (χ0) is 9.10. The smallest absolute Gasteiger partial charge is 0.159 e. The molecule has 2 aromatic rings. The van der Waals surface area contributed by atoms with Gasteiger partial charge in [0.15, 0.2) is 5.82 Å². The molecule has 0 saturated carbocycles. The van der Waals surface area contributed by atoms with Crippen LogP contribution in [0.25, 0.3) is 11.4 Å². The zero-order valence-corrected chi connectivity index (χ0v) is 6.94. The molecule has 0 atom stereocenters. The molecular weight excluding hydrogens is 162 g/mol. The van der Waals surface area contributed by atoms with Crippen LogP contribution in [-0.4, -0.2) is 9.97 Å². The molecular formula is C10H8N3. The van der Waals surface area contributed by atoms with Crippen LogP contribution in [0.2, 0.25) is 0 Å². The summed E-state index contributed by atoms with van der Waals surface area (Å²) in [6, 6.07) is 10.1. The SMILES string of the molecule is Nc1[c]cc(-c2ncccn2)cc1. The van der Waals surface area contributed by atoms with Gasteiger partial charge in [-0.3, -0.25) is 0 Å². The Morgan fingerprint density at radius 2 is 1.92 bits per heavy atom. The number of rotatable bonds is 1. The van der Waals surface area contributed by atoms with Crippen molar-refractivity contribution in [2.75, 3.05) is 5.73 Å². The van der Waals surface area contributed by atoms with Gasteiger partial charge in [0, 0.05) is 29.7 Å². The molecule has 1 heterocycles. The van der Waals surface area contributed by atoms with Crippen molar-refractivity contribution >= 4 is 5.69 Å². The molecule has 0 aliphatic carbocycles. The minimum Gasteiger partial charge on any atom is -0.398 e. The molecule has 3 heteroatoms. The lowest BCUT2D eigenvalue weighted by Gasteiger charge is -1.98. The van der Waals surface area contributed by atoms with Crippen LogP contribution in [0.3, 0.4) is 0 Å². The van der Waals surface area contributed by atoms with Crippen molar-refractivity contribution in [3.63, 3.8) is 0 Å². The van der Waals surface area contributed by atoms with Gasteiger partial charge in [-0.2, -0.15) is 0 Å².